The lowest BCUT2D eigenvalue weighted by atomic mass is 9.95. The first-order valence-corrected chi connectivity index (χ1v) is 23.3. The van der Waals surface area contributed by atoms with Crippen molar-refractivity contribution in [2.45, 2.75) is 0 Å². The van der Waals surface area contributed by atoms with Crippen molar-refractivity contribution in [3.8, 4) is 33.8 Å². The van der Waals surface area contributed by atoms with Crippen LogP contribution in [0.4, 0.5) is 0 Å². The molecular weight excluding hydrogens is 823 g/mol. The molecule has 0 spiro atoms. The maximum absolute atomic E-state index is 6.31. The summed E-state index contributed by atoms with van der Waals surface area (Å²) in [6.07, 6.45) is 0. The van der Waals surface area contributed by atoms with E-state index in [1.165, 1.54) is 80.3 Å². The predicted molar refractivity (Wildman–Crippen MR) is 279 cm³/mol. The van der Waals surface area contributed by atoms with Crippen molar-refractivity contribution in [3.05, 3.63) is 212 Å². The average Bonchev–Trinajstić information content (AvgIpc) is 4.13. The van der Waals surface area contributed by atoms with Crippen LogP contribution >= 0.6 is 11.3 Å². The van der Waals surface area contributed by atoms with Crippen molar-refractivity contribution in [1.82, 2.24) is 14.1 Å². The molecule has 0 amide bonds. The number of hydrogen-bond acceptors (Lipinski definition) is 3. The molecule has 15 aromatic rings. The van der Waals surface area contributed by atoms with Gasteiger partial charge in [-0.3, -0.25) is 0 Å². The first-order chi connectivity index (χ1) is 32.7. The van der Waals surface area contributed by atoms with Crippen LogP contribution in [0.3, 0.4) is 0 Å². The maximum atomic E-state index is 6.31. The summed E-state index contributed by atoms with van der Waals surface area (Å²) < 4.78 is 13.7. The fourth-order valence-corrected chi connectivity index (χ4v) is 12.2. The number of hydrogen-bond donors (Lipinski definition) is 0. The molecule has 0 saturated heterocycles. The van der Waals surface area contributed by atoms with Gasteiger partial charge in [-0.15, -0.1) is 11.3 Å². The molecule has 0 saturated carbocycles. The Morgan fingerprint density at radius 2 is 0.924 bits per heavy atom. The van der Waals surface area contributed by atoms with E-state index >= 15 is 0 Å². The van der Waals surface area contributed by atoms with Crippen LogP contribution in [-0.4, -0.2) is 14.1 Å². The lowest BCUT2D eigenvalue weighted by Crippen LogP contribution is -1.97. The molecule has 0 bridgehead atoms. The van der Waals surface area contributed by atoms with Crippen molar-refractivity contribution < 1.29 is 4.42 Å². The summed E-state index contributed by atoms with van der Waals surface area (Å²) in [5, 5.41) is 13.2. The molecule has 0 aliphatic heterocycles. The van der Waals surface area contributed by atoms with E-state index < -0.39 is 0 Å². The molecule has 5 aromatic heterocycles. The number of fused-ring (bicyclic) bond motifs is 16. The third-order valence-electron chi connectivity index (χ3n) is 13.9. The highest BCUT2D eigenvalue weighted by molar-refractivity contribution is 7.26. The van der Waals surface area contributed by atoms with Crippen LogP contribution in [0, 0.1) is 0 Å². The standard InChI is InChI=1S/C61H35N3OS/c1-2-14-39(15-3-1)63-50-22-10-5-16-40(50)45-32-36(26-29-52(45)63)37-27-30-53-46(33-37)41-17-6-11-23-51(41)64(53)54-35-48-58(59-44-20-8-13-25-57(44)66-61(54)59)43-19-4-9-21-49(43)62-60(48)38-28-31-56-47(34-38)42-18-7-12-24-55(42)65-56/h1-35H. The van der Waals surface area contributed by atoms with Gasteiger partial charge < -0.3 is 13.6 Å². The Bertz CT molecular complexity index is 4530. The van der Waals surface area contributed by atoms with E-state index in [-0.39, 0.29) is 0 Å². The molecule has 0 N–H and O–H groups in total. The van der Waals surface area contributed by atoms with Gasteiger partial charge in [-0.05, 0) is 102 Å². The summed E-state index contributed by atoms with van der Waals surface area (Å²) in [5.41, 5.74) is 14.2. The maximum Gasteiger partial charge on any atom is 0.135 e. The summed E-state index contributed by atoms with van der Waals surface area (Å²) >= 11 is 1.88. The highest BCUT2D eigenvalue weighted by Gasteiger charge is 2.24. The number of rotatable bonds is 4. The second kappa shape index (κ2) is 13.5. The zero-order chi connectivity index (χ0) is 43.0. The number of para-hydroxylation sites is 5. The second-order valence-electron chi connectivity index (χ2n) is 17.4. The molecule has 0 radical (unpaired) electrons. The van der Waals surface area contributed by atoms with Gasteiger partial charge in [-0.2, -0.15) is 0 Å². The number of nitrogens with zero attached hydrogens (tertiary/aromatic N) is 3. The van der Waals surface area contributed by atoms with Crippen molar-refractivity contribution in [2.24, 2.45) is 0 Å². The Labute approximate surface area is 381 Å². The van der Waals surface area contributed by atoms with Crippen LogP contribution in [0.25, 0.3) is 141 Å². The number of furan rings is 1. The van der Waals surface area contributed by atoms with Crippen LogP contribution in [0.15, 0.2) is 217 Å². The average molecular weight is 858 g/mol. The first-order valence-electron chi connectivity index (χ1n) is 22.4. The van der Waals surface area contributed by atoms with Gasteiger partial charge >= 0.3 is 0 Å². The lowest BCUT2D eigenvalue weighted by molar-refractivity contribution is 0.669. The monoisotopic (exact) mass is 857 g/mol. The zero-order valence-corrected chi connectivity index (χ0v) is 36.2. The molecule has 4 nitrogen and oxygen atoms in total. The van der Waals surface area contributed by atoms with Crippen LogP contribution in [0.2, 0.25) is 0 Å². The minimum absolute atomic E-state index is 0.875. The number of aromatic nitrogens is 3. The van der Waals surface area contributed by atoms with Crippen LogP contribution < -0.4 is 0 Å². The van der Waals surface area contributed by atoms with E-state index in [4.69, 9.17) is 9.40 Å². The molecule has 0 atom stereocenters. The molecular formula is C61H35N3OS. The van der Waals surface area contributed by atoms with Crippen molar-refractivity contribution in [1.29, 1.82) is 0 Å². The summed E-state index contributed by atoms with van der Waals surface area (Å²) in [6, 6.07) is 77.1. The Hall–Kier alpha value is -8.51. The van der Waals surface area contributed by atoms with Crippen LogP contribution in [0.1, 0.15) is 0 Å². The molecule has 15 rings (SSSR count). The van der Waals surface area contributed by atoms with Gasteiger partial charge in [0.05, 0.1) is 43.7 Å². The number of thiophene rings is 1. The van der Waals surface area contributed by atoms with Crippen LogP contribution in [0.5, 0.6) is 0 Å². The Morgan fingerprint density at radius 3 is 1.70 bits per heavy atom. The van der Waals surface area contributed by atoms with Gasteiger partial charge in [0, 0.05) is 75.2 Å². The van der Waals surface area contributed by atoms with Gasteiger partial charge in [0.15, 0.2) is 0 Å². The van der Waals surface area contributed by atoms with Crippen molar-refractivity contribution in [3.63, 3.8) is 0 Å². The molecule has 66 heavy (non-hydrogen) atoms. The second-order valence-corrected chi connectivity index (χ2v) is 18.5. The smallest absolute Gasteiger partial charge is 0.135 e. The summed E-state index contributed by atoms with van der Waals surface area (Å²) in [4.78, 5) is 5.53. The first kappa shape index (κ1) is 35.9. The van der Waals surface area contributed by atoms with E-state index in [1.807, 2.05) is 23.5 Å². The molecule has 0 unspecified atom stereocenters. The van der Waals surface area contributed by atoms with E-state index in [1.54, 1.807) is 0 Å². The van der Waals surface area contributed by atoms with E-state index in [9.17, 15) is 0 Å². The Kier molecular flexibility index (Phi) is 7.34. The summed E-state index contributed by atoms with van der Waals surface area (Å²) in [6.45, 7) is 0. The molecule has 306 valence electrons. The molecule has 5 heteroatoms. The topological polar surface area (TPSA) is 35.9 Å². The number of benzene rings is 10. The van der Waals surface area contributed by atoms with Crippen molar-refractivity contribution in [2.75, 3.05) is 0 Å². The predicted octanol–water partition coefficient (Wildman–Crippen LogP) is 17.2. The minimum Gasteiger partial charge on any atom is -0.456 e. The molecule has 5 heterocycles. The largest absolute Gasteiger partial charge is 0.456 e. The van der Waals surface area contributed by atoms with Crippen LogP contribution in [-0.2, 0) is 0 Å². The third kappa shape index (κ3) is 5.00. The highest BCUT2D eigenvalue weighted by Crippen LogP contribution is 2.49. The lowest BCUT2D eigenvalue weighted by Gasteiger charge is -2.16. The molecule has 10 aromatic carbocycles. The highest BCUT2D eigenvalue weighted by atomic mass is 32.1. The molecule has 0 aliphatic carbocycles. The van der Waals surface area contributed by atoms with Gasteiger partial charge in [0.1, 0.15) is 11.2 Å². The SMILES string of the molecule is c1ccc(-n2c3ccccc3c3cc(-c4ccc5c(c4)c4ccccc4n5-c4cc5c(-c6ccc7oc8ccccc8c7c6)nc6ccccc6c5c5c4sc4ccccc45)ccc32)cc1. The zero-order valence-electron chi connectivity index (χ0n) is 35.4. The normalized spacial score (nSPS) is 12.2. The van der Waals surface area contributed by atoms with E-state index in [2.05, 4.69) is 209 Å². The summed E-state index contributed by atoms with van der Waals surface area (Å²) in [7, 11) is 0. The van der Waals surface area contributed by atoms with Crippen molar-refractivity contribution >= 4 is 119 Å². The van der Waals surface area contributed by atoms with Gasteiger partial charge in [-0.25, -0.2) is 4.98 Å². The van der Waals surface area contributed by atoms with Gasteiger partial charge in [-0.1, -0.05) is 121 Å². The fraction of sp³-hybridized carbons (Fsp3) is 0. The molecule has 0 aliphatic rings. The number of pyridine rings is 1. The minimum atomic E-state index is 0.875. The van der Waals surface area contributed by atoms with E-state index in [0.717, 1.165) is 60.9 Å². The third-order valence-corrected chi connectivity index (χ3v) is 15.1. The summed E-state index contributed by atoms with van der Waals surface area (Å²) in [5.74, 6) is 0. The van der Waals surface area contributed by atoms with Gasteiger partial charge in [0.2, 0.25) is 0 Å². The Morgan fingerprint density at radius 1 is 0.364 bits per heavy atom. The quantitative estimate of drug-likeness (QED) is 0.165. The molecule has 0 fully saturated rings. The van der Waals surface area contributed by atoms with E-state index in [0.29, 0.717) is 0 Å². The fourth-order valence-electron chi connectivity index (χ4n) is 11.0. The van der Waals surface area contributed by atoms with Gasteiger partial charge in [0.25, 0.3) is 0 Å². The Balaban J connectivity index is 1.01.